The number of nitrogens with one attached hydrogen (secondary N) is 1. The Kier molecular flexibility index (Phi) is 2.67. The molecule has 0 aromatic rings. The van der Waals surface area contributed by atoms with Crippen molar-refractivity contribution in [2.24, 2.45) is 17.8 Å². The van der Waals surface area contributed by atoms with Crippen molar-refractivity contribution in [3.05, 3.63) is 0 Å². The molecule has 0 aliphatic heterocycles. The Morgan fingerprint density at radius 3 is 2.07 bits per heavy atom. The zero-order chi connectivity index (χ0) is 11.0. The van der Waals surface area contributed by atoms with E-state index in [4.69, 9.17) is 5.11 Å². The van der Waals surface area contributed by atoms with Gasteiger partial charge in [0, 0.05) is 13.0 Å². The van der Waals surface area contributed by atoms with Crippen LogP contribution in [0, 0.1) is 17.8 Å². The van der Waals surface area contributed by atoms with Crippen molar-refractivity contribution in [3.8, 4) is 0 Å². The molecule has 2 rings (SSSR count). The highest BCUT2D eigenvalue weighted by Crippen LogP contribution is 2.46. The lowest BCUT2D eigenvalue weighted by Gasteiger charge is -2.13. The first-order chi connectivity index (χ1) is 7.06. The number of hydrogen-bond donors (Lipinski definition) is 2. The molecule has 0 spiro atoms. The molecule has 4 nitrogen and oxygen atoms in total. The van der Waals surface area contributed by atoms with E-state index in [1.807, 2.05) is 0 Å². The van der Waals surface area contributed by atoms with E-state index >= 15 is 0 Å². The number of hydrogen-bond acceptors (Lipinski definition) is 2. The Bertz CT molecular complexity index is 276. The van der Waals surface area contributed by atoms with Gasteiger partial charge in [-0.3, -0.25) is 9.59 Å². The van der Waals surface area contributed by atoms with Gasteiger partial charge < -0.3 is 10.4 Å². The minimum Gasteiger partial charge on any atom is -0.481 e. The van der Waals surface area contributed by atoms with Gasteiger partial charge in [0.2, 0.25) is 5.91 Å². The van der Waals surface area contributed by atoms with E-state index in [-0.39, 0.29) is 17.9 Å². The number of amides is 1. The summed E-state index contributed by atoms with van der Waals surface area (Å²) < 4.78 is 0. The molecule has 0 heterocycles. The zero-order valence-electron chi connectivity index (χ0n) is 8.90. The van der Waals surface area contributed by atoms with Crippen LogP contribution in [0.4, 0.5) is 0 Å². The van der Waals surface area contributed by atoms with Crippen molar-refractivity contribution in [2.45, 2.75) is 38.6 Å². The van der Waals surface area contributed by atoms with Crippen LogP contribution in [0.2, 0.25) is 0 Å². The molecule has 15 heavy (non-hydrogen) atoms. The third kappa shape index (κ3) is 2.13. The van der Waals surface area contributed by atoms with Gasteiger partial charge in [0.1, 0.15) is 0 Å². The predicted octanol–water partition coefficient (Wildman–Crippen LogP) is 1.01. The Labute approximate surface area is 89.0 Å². The fourth-order valence-corrected chi connectivity index (χ4v) is 3.22. The van der Waals surface area contributed by atoms with Gasteiger partial charge in [0.05, 0.1) is 5.92 Å². The summed E-state index contributed by atoms with van der Waals surface area (Å²) in [6, 6.07) is 0.284. The van der Waals surface area contributed by atoms with E-state index in [0.717, 1.165) is 25.7 Å². The van der Waals surface area contributed by atoms with Crippen LogP contribution in [0.1, 0.15) is 32.6 Å². The molecule has 2 aliphatic carbocycles. The van der Waals surface area contributed by atoms with E-state index in [1.54, 1.807) is 0 Å². The molecule has 0 saturated heterocycles. The SMILES string of the molecule is CC(=O)NC1CC2CC(C(=O)O)CC2C1. The van der Waals surface area contributed by atoms with Gasteiger partial charge in [-0.25, -0.2) is 0 Å². The number of rotatable bonds is 2. The normalized spacial score (nSPS) is 38.7. The van der Waals surface area contributed by atoms with Crippen LogP contribution in [-0.4, -0.2) is 23.0 Å². The Hall–Kier alpha value is -1.06. The minimum atomic E-state index is -0.652. The number of carbonyl (C=O) groups excluding carboxylic acids is 1. The zero-order valence-corrected chi connectivity index (χ0v) is 8.90. The summed E-state index contributed by atoms with van der Waals surface area (Å²) in [7, 11) is 0. The van der Waals surface area contributed by atoms with Crippen LogP contribution in [0.5, 0.6) is 0 Å². The second-order valence-electron chi connectivity index (χ2n) is 4.90. The molecule has 2 N–H and O–H groups in total. The van der Waals surface area contributed by atoms with Crippen molar-refractivity contribution in [3.63, 3.8) is 0 Å². The van der Waals surface area contributed by atoms with Crippen LogP contribution in [0.3, 0.4) is 0 Å². The van der Waals surface area contributed by atoms with Crippen molar-refractivity contribution >= 4 is 11.9 Å². The van der Waals surface area contributed by atoms with Gasteiger partial charge in [-0.05, 0) is 37.5 Å². The summed E-state index contributed by atoms with van der Waals surface area (Å²) in [5.74, 6) is 0.263. The first kappa shape index (κ1) is 10.5. The summed E-state index contributed by atoms with van der Waals surface area (Å²) in [4.78, 5) is 21.7. The van der Waals surface area contributed by atoms with E-state index in [1.165, 1.54) is 6.92 Å². The van der Waals surface area contributed by atoms with E-state index in [2.05, 4.69) is 5.32 Å². The monoisotopic (exact) mass is 211 g/mol. The van der Waals surface area contributed by atoms with Crippen LogP contribution >= 0.6 is 0 Å². The highest BCUT2D eigenvalue weighted by atomic mass is 16.4. The molecule has 2 aliphatic rings. The molecule has 0 bridgehead atoms. The molecule has 0 radical (unpaired) electrons. The van der Waals surface area contributed by atoms with Gasteiger partial charge in [-0.2, -0.15) is 0 Å². The molecule has 2 fully saturated rings. The predicted molar refractivity (Wildman–Crippen MR) is 54.2 cm³/mol. The molecule has 2 atom stereocenters. The van der Waals surface area contributed by atoms with Gasteiger partial charge in [-0.1, -0.05) is 0 Å². The fourth-order valence-electron chi connectivity index (χ4n) is 3.22. The first-order valence-corrected chi connectivity index (χ1v) is 5.56. The van der Waals surface area contributed by atoms with Crippen LogP contribution in [0.25, 0.3) is 0 Å². The van der Waals surface area contributed by atoms with Crippen molar-refractivity contribution in [1.82, 2.24) is 5.32 Å². The maximum Gasteiger partial charge on any atom is 0.306 e. The highest BCUT2D eigenvalue weighted by Gasteiger charge is 2.43. The second kappa shape index (κ2) is 3.83. The average Bonchev–Trinajstić information content (AvgIpc) is 2.58. The minimum absolute atomic E-state index is 0.0229. The lowest BCUT2D eigenvalue weighted by atomic mass is 10.0. The van der Waals surface area contributed by atoms with Gasteiger partial charge in [0.15, 0.2) is 0 Å². The van der Waals surface area contributed by atoms with Gasteiger partial charge in [0.25, 0.3) is 0 Å². The third-order valence-electron chi connectivity index (χ3n) is 3.77. The molecule has 2 saturated carbocycles. The fraction of sp³-hybridized carbons (Fsp3) is 0.818. The number of fused-ring (bicyclic) bond motifs is 1. The number of carboxylic acids is 1. The maximum atomic E-state index is 10.9. The molecular formula is C11H17NO3. The summed E-state index contributed by atoms with van der Waals surface area (Å²) in [5.41, 5.74) is 0. The average molecular weight is 211 g/mol. The smallest absolute Gasteiger partial charge is 0.306 e. The van der Waals surface area contributed by atoms with Gasteiger partial charge >= 0.3 is 5.97 Å². The summed E-state index contributed by atoms with van der Waals surface area (Å²) >= 11 is 0. The molecule has 1 amide bonds. The number of aliphatic carboxylic acids is 1. The third-order valence-corrected chi connectivity index (χ3v) is 3.77. The number of carboxylic acid groups (broad SMARTS) is 1. The molecule has 4 heteroatoms. The summed E-state index contributed by atoms with van der Waals surface area (Å²) in [5, 5.41) is 11.8. The van der Waals surface area contributed by atoms with Gasteiger partial charge in [-0.15, -0.1) is 0 Å². The lowest BCUT2D eigenvalue weighted by Crippen LogP contribution is -2.31. The lowest BCUT2D eigenvalue weighted by molar-refractivity contribution is -0.141. The van der Waals surface area contributed by atoms with Crippen LogP contribution < -0.4 is 5.32 Å². The quantitative estimate of drug-likeness (QED) is 0.716. The van der Waals surface area contributed by atoms with Crippen molar-refractivity contribution in [2.75, 3.05) is 0 Å². The molecule has 84 valence electrons. The molecule has 2 unspecified atom stereocenters. The van der Waals surface area contributed by atoms with Crippen LogP contribution in [-0.2, 0) is 9.59 Å². The summed E-state index contributed by atoms with van der Waals surface area (Å²) in [6.45, 7) is 1.54. The largest absolute Gasteiger partial charge is 0.481 e. The Balaban J connectivity index is 1.88. The molecular weight excluding hydrogens is 194 g/mol. The Morgan fingerprint density at radius 2 is 1.67 bits per heavy atom. The Morgan fingerprint density at radius 1 is 1.13 bits per heavy atom. The van der Waals surface area contributed by atoms with Crippen molar-refractivity contribution in [1.29, 1.82) is 0 Å². The maximum absolute atomic E-state index is 10.9. The topological polar surface area (TPSA) is 66.4 Å². The molecule has 0 aromatic heterocycles. The van der Waals surface area contributed by atoms with E-state index < -0.39 is 5.97 Å². The van der Waals surface area contributed by atoms with E-state index in [0.29, 0.717) is 11.8 Å². The number of carbonyl (C=O) groups is 2. The van der Waals surface area contributed by atoms with Crippen LogP contribution in [0.15, 0.2) is 0 Å². The van der Waals surface area contributed by atoms with Crippen molar-refractivity contribution < 1.29 is 14.7 Å². The second-order valence-corrected chi connectivity index (χ2v) is 4.90. The standard InChI is InChI=1S/C11H17NO3/c1-6(13)12-10-4-7-2-9(11(14)15)3-8(7)5-10/h7-10H,2-5H2,1H3,(H,12,13)(H,14,15). The van der Waals surface area contributed by atoms with E-state index in [9.17, 15) is 9.59 Å². The highest BCUT2D eigenvalue weighted by molar-refractivity contribution is 5.73. The molecule has 0 aromatic carbocycles. The summed E-state index contributed by atoms with van der Waals surface area (Å²) in [6.07, 6.45) is 3.54. The first-order valence-electron chi connectivity index (χ1n) is 5.56.